The molecular formula is C18H14Cl2F2N2O3. The van der Waals surface area contributed by atoms with Crippen LogP contribution in [0, 0.1) is 0 Å². The molecule has 2 aromatic rings. The van der Waals surface area contributed by atoms with Crippen LogP contribution in [0.3, 0.4) is 0 Å². The van der Waals surface area contributed by atoms with E-state index >= 15 is 0 Å². The molecule has 9 heteroatoms. The fourth-order valence-electron chi connectivity index (χ4n) is 2.70. The molecule has 1 unspecified atom stereocenters. The topological polar surface area (TPSA) is 58.6 Å². The lowest BCUT2D eigenvalue weighted by Gasteiger charge is -2.17. The third-order valence-electron chi connectivity index (χ3n) is 3.94. The summed E-state index contributed by atoms with van der Waals surface area (Å²) in [6.07, 6.45) is 0.00439. The van der Waals surface area contributed by atoms with Gasteiger partial charge in [-0.15, -0.1) is 8.78 Å². The van der Waals surface area contributed by atoms with Gasteiger partial charge < -0.3 is 10.1 Å². The summed E-state index contributed by atoms with van der Waals surface area (Å²) < 4.78 is 29.5. The Hall–Kier alpha value is -2.22. The highest BCUT2D eigenvalue weighted by Crippen LogP contribution is 2.29. The smallest absolute Gasteiger partial charge is 0.420 e. The minimum Gasteiger partial charge on any atom is -0.420 e. The molecule has 0 spiro atoms. The maximum Gasteiger partial charge on any atom is 0.487 e. The molecule has 0 radical (unpaired) electrons. The Kier molecular flexibility index (Phi) is 5.64. The predicted molar refractivity (Wildman–Crippen MR) is 97.1 cm³/mol. The maximum atomic E-state index is 12.6. The first-order valence-electron chi connectivity index (χ1n) is 7.93. The van der Waals surface area contributed by atoms with Gasteiger partial charge in [0.05, 0.1) is 18.2 Å². The number of imide groups is 1. The lowest BCUT2D eigenvalue weighted by Crippen LogP contribution is -2.38. The fourth-order valence-corrected chi connectivity index (χ4v) is 2.92. The van der Waals surface area contributed by atoms with Gasteiger partial charge in [0.25, 0.3) is 5.91 Å². The second-order valence-electron chi connectivity index (χ2n) is 5.87. The molecule has 1 N–H and O–H groups in total. The zero-order chi connectivity index (χ0) is 19.6. The van der Waals surface area contributed by atoms with Crippen LogP contribution < -0.4 is 15.0 Å². The van der Waals surface area contributed by atoms with Crippen molar-refractivity contribution < 1.29 is 23.1 Å². The van der Waals surface area contributed by atoms with Crippen molar-refractivity contribution in [2.75, 3.05) is 4.90 Å². The SMILES string of the molecule is O=C1CC(NCc2ccc(Cl)cc2)C(=O)N1c1ccc(OC(F)(F)Cl)cc1. The van der Waals surface area contributed by atoms with Gasteiger partial charge in [-0.1, -0.05) is 23.7 Å². The zero-order valence-electron chi connectivity index (χ0n) is 13.8. The van der Waals surface area contributed by atoms with Crippen molar-refractivity contribution in [1.82, 2.24) is 5.32 Å². The van der Waals surface area contributed by atoms with Gasteiger partial charge >= 0.3 is 5.57 Å². The molecule has 0 aliphatic carbocycles. The number of amides is 2. The number of rotatable bonds is 6. The second kappa shape index (κ2) is 7.80. The number of hydrogen-bond acceptors (Lipinski definition) is 4. The number of carbonyl (C=O) groups is 2. The van der Waals surface area contributed by atoms with E-state index in [0.29, 0.717) is 11.6 Å². The van der Waals surface area contributed by atoms with Crippen LogP contribution in [0.15, 0.2) is 48.5 Å². The molecule has 1 heterocycles. The largest absolute Gasteiger partial charge is 0.487 e. The van der Waals surface area contributed by atoms with E-state index in [9.17, 15) is 18.4 Å². The van der Waals surface area contributed by atoms with E-state index in [-0.39, 0.29) is 23.8 Å². The zero-order valence-corrected chi connectivity index (χ0v) is 15.3. The highest BCUT2D eigenvalue weighted by molar-refractivity contribution is 6.30. The van der Waals surface area contributed by atoms with Crippen molar-refractivity contribution >= 4 is 40.7 Å². The van der Waals surface area contributed by atoms with Crippen molar-refractivity contribution in [3.05, 3.63) is 59.1 Å². The normalized spacial score (nSPS) is 17.5. The van der Waals surface area contributed by atoms with E-state index in [0.717, 1.165) is 10.5 Å². The number of benzene rings is 2. The molecule has 1 aliphatic heterocycles. The van der Waals surface area contributed by atoms with Gasteiger partial charge in [0.2, 0.25) is 5.91 Å². The van der Waals surface area contributed by atoms with Gasteiger partial charge in [0.1, 0.15) is 5.75 Å². The molecular weight excluding hydrogens is 401 g/mol. The Morgan fingerprint density at radius 2 is 1.74 bits per heavy atom. The summed E-state index contributed by atoms with van der Waals surface area (Å²) in [5.74, 6) is -0.981. The fraction of sp³-hybridized carbons (Fsp3) is 0.222. The Labute approximate surface area is 163 Å². The van der Waals surface area contributed by atoms with Crippen LogP contribution in [0.25, 0.3) is 0 Å². The molecule has 1 fully saturated rings. The molecule has 0 saturated carbocycles. The summed E-state index contributed by atoms with van der Waals surface area (Å²) in [7, 11) is 0. The molecule has 1 saturated heterocycles. The molecule has 0 aromatic heterocycles. The summed E-state index contributed by atoms with van der Waals surface area (Å²) in [6.45, 7) is 0.395. The third kappa shape index (κ3) is 4.94. The number of nitrogens with zero attached hydrogens (tertiary/aromatic N) is 1. The van der Waals surface area contributed by atoms with Crippen molar-refractivity contribution in [2.45, 2.75) is 24.6 Å². The van der Waals surface area contributed by atoms with Gasteiger partial charge in [-0.3, -0.25) is 9.59 Å². The summed E-state index contributed by atoms with van der Waals surface area (Å²) in [5, 5.41) is 3.65. The predicted octanol–water partition coefficient (Wildman–Crippen LogP) is 3.93. The number of ether oxygens (including phenoxy) is 1. The minimum absolute atomic E-state index is 0.00439. The highest BCUT2D eigenvalue weighted by Gasteiger charge is 2.39. The lowest BCUT2D eigenvalue weighted by atomic mass is 10.2. The number of carbonyl (C=O) groups excluding carboxylic acids is 2. The quantitative estimate of drug-likeness (QED) is 0.574. The van der Waals surface area contributed by atoms with Crippen LogP contribution in [-0.2, 0) is 16.1 Å². The molecule has 0 bridgehead atoms. The van der Waals surface area contributed by atoms with E-state index in [2.05, 4.69) is 10.1 Å². The van der Waals surface area contributed by atoms with Crippen LogP contribution in [-0.4, -0.2) is 23.4 Å². The molecule has 27 heavy (non-hydrogen) atoms. The van der Waals surface area contributed by atoms with Crippen molar-refractivity contribution in [3.8, 4) is 5.75 Å². The standard InChI is InChI=1S/C18H14Cl2F2N2O3/c19-12-3-1-11(2-4-12)10-23-15-9-16(25)24(17(15)26)13-5-7-14(8-6-13)27-18(20,21)22/h1-8,15,23H,9-10H2. The second-order valence-corrected chi connectivity index (χ2v) is 6.75. The molecule has 5 nitrogen and oxygen atoms in total. The number of halogens is 4. The van der Waals surface area contributed by atoms with Crippen LogP contribution in [0.2, 0.25) is 5.02 Å². The van der Waals surface area contributed by atoms with Gasteiger partial charge in [-0.25, -0.2) is 4.90 Å². The summed E-state index contributed by atoms with van der Waals surface area (Å²) in [6, 6.07) is 11.5. The van der Waals surface area contributed by atoms with Crippen LogP contribution in [0.1, 0.15) is 12.0 Å². The molecule has 1 aliphatic rings. The molecule has 3 rings (SSSR count). The number of hydrogen-bond donors (Lipinski definition) is 1. The van der Waals surface area contributed by atoms with Gasteiger partial charge in [-0.05, 0) is 42.0 Å². The Morgan fingerprint density at radius 3 is 2.33 bits per heavy atom. The first-order chi connectivity index (χ1) is 12.7. The number of anilines is 1. The van der Waals surface area contributed by atoms with Crippen LogP contribution in [0.4, 0.5) is 14.5 Å². The van der Waals surface area contributed by atoms with E-state index in [1.807, 2.05) is 12.1 Å². The summed E-state index contributed by atoms with van der Waals surface area (Å²) >= 11 is 10.5. The van der Waals surface area contributed by atoms with Crippen molar-refractivity contribution in [2.24, 2.45) is 0 Å². The molecule has 2 aromatic carbocycles. The summed E-state index contributed by atoms with van der Waals surface area (Å²) in [5.41, 5.74) is -2.65. The molecule has 1 atom stereocenters. The van der Waals surface area contributed by atoms with Gasteiger partial charge in [0, 0.05) is 23.2 Å². The van der Waals surface area contributed by atoms with E-state index in [4.69, 9.17) is 23.2 Å². The summed E-state index contributed by atoms with van der Waals surface area (Å²) in [4.78, 5) is 25.8. The number of alkyl halides is 3. The van der Waals surface area contributed by atoms with Crippen molar-refractivity contribution in [3.63, 3.8) is 0 Å². The average molecular weight is 415 g/mol. The lowest BCUT2D eigenvalue weighted by molar-refractivity contribution is -0.121. The first kappa shape index (κ1) is 19.5. The van der Waals surface area contributed by atoms with E-state index in [1.54, 1.807) is 12.1 Å². The highest BCUT2D eigenvalue weighted by atomic mass is 35.5. The van der Waals surface area contributed by atoms with Gasteiger partial charge in [0.15, 0.2) is 0 Å². The Morgan fingerprint density at radius 1 is 1.11 bits per heavy atom. The van der Waals surface area contributed by atoms with E-state index in [1.165, 1.54) is 24.3 Å². The van der Waals surface area contributed by atoms with Crippen molar-refractivity contribution in [1.29, 1.82) is 0 Å². The third-order valence-corrected chi connectivity index (χ3v) is 4.27. The Bertz CT molecular complexity index is 839. The van der Waals surface area contributed by atoms with Crippen LogP contribution >= 0.6 is 23.2 Å². The Balaban J connectivity index is 1.66. The molecule has 2 amide bonds. The number of nitrogens with one attached hydrogen (secondary N) is 1. The monoisotopic (exact) mass is 414 g/mol. The van der Waals surface area contributed by atoms with E-state index < -0.39 is 17.5 Å². The average Bonchev–Trinajstić information content (AvgIpc) is 2.88. The maximum absolute atomic E-state index is 12.6. The van der Waals surface area contributed by atoms with Gasteiger partial charge in [-0.2, -0.15) is 0 Å². The molecule has 142 valence electrons. The minimum atomic E-state index is -3.84. The first-order valence-corrected chi connectivity index (χ1v) is 8.69. The van der Waals surface area contributed by atoms with Crippen LogP contribution in [0.5, 0.6) is 5.75 Å².